The topological polar surface area (TPSA) is 0 Å². The van der Waals surface area contributed by atoms with Crippen molar-refractivity contribution in [3.05, 3.63) is 0 Å². The fourth-order valence-electron chi connectivity index (χ4n) is 1.49. The molecule has 0 bridgehead atoms. The largest absolute Gasteiger partial charge is 0.176 e. The quantitative estimate of drug-likeness (QED) is 0.428. The first kappa shape index (κ1) is 13.4. The van der Waals surface area contributed by atoms with Crippen LogP contribution < -0.4 is 0 Å². The van der Waals surface area contributed by atoms with Crippen LogP contribution in [0, 0.1) is 5.92 Å². The van der Waals surface area contributed by atoms with Crippen LogP contribution in [0.5, 0.6) is 0 Å². The van der Waals surface area contributed by atoms with Gasteiger partial charge in [0, 0.05) is 5.25 Å². The molecule has 80 valence electrons. The third-order valence-electron chi connectivity index (χ3n) is 2.84. The van der Waals surface area contributed by atoms with Crippen LogP contribution in [0.4, 0.5) is 0 Å². The Balaban J connectivity index is 3.07. The van der Waals surface area contributed by atoms with Gasteiger partial charge in [-0.1, -0.05) is 59.3 Å². The molecule has 0 heterocycles. The Labute approximate surface area is 89.9 Å². The highest BCUT2D eigenvalue weighted by Gasteiger charge is 2.06. The lowest BCUT2D eigenvalue weighted by Crippen LogP contribution is -2.06. The van der Waals surface area contributed by atoms with E-state index in [9.17, 15) is 0 Å². The Hall–Kier alpha value is 0.350. The Morgan fingerprint density at radius 3 is 2.00 bits per heavy atom. The van der Waals surface area contributed by atoms with Crippen LogP contribution in [-0.4, -0.2) is 5.25 Å². The van der Waals surface area contributed by atoms with E-state index < -0.39 is 0 Å². The van der Waals surface area contributed by atoms with Crippen molar-refractivity contribution in [1.29, 1.82) is 0 Å². The molecule has 2 atom stereocenters. The van der Waals surface area contributed by atoms with Crippen molar-refractivity contribution >= 4 is 12.6 Å². The summed E-state index contributed by atoms with van der Waals surface area (Å²) in [6.45, 7) is 6.78. The van der Waals surface area contributed by atoms with Crippen molar-refractivity contribution in [3.63, 3.8) is 0 Å². The van der Waals surface area contributed by atoms with Gasteiger partial charge in [-0.2, -0.15) is 12.6 Å². The van der Waals surface area contributed by atoms with Crippen LogP contribution in [0.15, 0.2) is 0 Å². The molecule has 0 N–H and O–H groups in total. The minimum Gasteiger partial charge on any atom is -0.176 e. The molecule has 0 spiro atoms. The second kappa shape index (κ2) is 8.93. The SMILES string of the molecule is CCCCCCCCC(C)C(C)S. The van der Waals surface area contributed by atoms with Crippen LogP contribution in [0.25, 0.3) is 0 Å². The van der Waals surface area contributed by atoms with Gasteiger partial charge in [-0.3, -0.25) is 0 Å². The van der Waals surface area contributed by atoms with Crippen molar-refractivity contribution in [2.45, 2.75) is 71.0 Å². The van der Waals surface area contributed by atoms with E-state index in [1.165, 1.54) is 44.9 Å². The van der Waals surface area contributed by atoms with E-state index in [0.29, 0.717) is 5.25 Å². The number of hydrogen-bond acceptors (Lipinski definition) is 1. The highest BCUT2D eigenvalue weighted by molar-refractivity contribution is 7.80. The minimum atomic E-state index is 0.565. The molecule has 0 aromatic rings. The minimum absolute atomic E-state index is 0.565. The third kappa shape index (κ3) is 8.67. The summed E-state index contributed by atoms with van der Waals surface area (Å²) in [6.07, 6.45) is 9.81. The molecule has 0 nitrogen and oxygen atoms in total. The maximum atomic E-state index is 4.45. The van der Waals surface area contributed by atoms with Gasteiger partial charge in [0.2, 0.25) is 0 Å². The predicted octanol–water partition coefficient (Wildman–Crippen LogP) is 4.69. The molecule has 1 heteroatoms. The highest BCUT2D eigenvalue weighted by atomic mass is 32.1. The van der Waals surface area contributed by atoms with Crippen molar-refractivity contribution in [3.8, 4) is 0 Å². The summed E-state index contributed by atoms with van der Waals surface area (Å²) >= 11 is 4.45. The lowest BCUT2D eigenvalue weighted by molar-refractivity contribution is 0.482. The molecule has 0 aliphatic heterocycles. The van der Waals surface area contributed by atoms with Crippen LogP contribution >= 0.6 is 12.6 Å². The maximum Gasteiger partial charge on any atom is 0.00141 e. The van der Waals surface area contributed by atoms with E-state index in [1.54, 1.807) is 0 Å². The molecule has 0 aromatic heterocycles. The van der Waals surface area contributed by atoms with Gasteiger partial charge in [0.1, 0.15) is 0 Å². The Morgan fingerprint density at radius 2 is 1.46 bits per heavy atom. The lowest BCUT2D eigenvalue weighted by Gasteiger charge is -2.13. The van der Waals surface area contributed by atoms with Gasteiger partial charge in [0.05, 0.1) is 0 Å². The summed E-state index contributed by atoms with van der Waals surface area (Å²) in [6, 6.07) is 0. The molecule has 0 fully saturated rings. The van der Waals surface area contributed by atoms with Crippen LogP contribution in [0.2, 0.25) is 0 Å². The zero-order chi connectivity index (χ0) is 10.1. The number of thiol groups is 1. The number of hydrogen-bond donors (Lipinski definition) is 1. The summed E-state index contributed by atoms with van der Waals surface area (Å²) in [4.78, 5) is 0. The Kier molecular flexibility index (Phi) is 9.17. The summed E-state index contributed by atoms with van der Waals surface area (Å²) in [5.74, 6) is 0.787. The summed E-state index contributed by atoms with van der Waals surface area (Å²) in [5.41, 5.74) is 0. The average Bonchev–Trinajstić information content (AvgIpc) is 2.10. The van der Waals surface area contributed by atoms with Crippen LogP contribution in [-0.2, 0) is 0 Å². The maximum absolute atomic E-state index is 4.45. The molecule has 0 aromatic carbocycles. The monoisotopic (exact) mass is 202 g/mol. The molecular weight excluding hydrogens is 176 g/mol. The zero-order valence-corrected chi connectivity index (χ0v) is 10.4. The normalized spacial score (nSPS) is 15.7. The molecule has 0 radical (unpaired) electrons. The van der Waals surface area contributed by atoms with Crippen molar-refractivity contribution in [2.24, 2.45) is 5.92 Å². The van der Waals surface area contributed by atoms with Gasteiger partial charge >= 0.3 is 0 Å². The summed E-state index contributed by atoms with van der Waals surface area (Å²) in [5, 5.41) is 0.565. The van der Waals surface area contributed by atoms with E-state index in [4.69, 9.17) is 0 Å². The molecule has 0 saturated carbocycles. The number of unbranched alkanes of at least 4 members (excludes halogenated alkanes) is 5. The van der Waals surface area contributed by atoms with Gasteiger partial charge < -0.3 is 0 Å². The third-order valence-corrected chi connectivity index (χ3v) is 3.35. The standard InChI is InChI=1S/C12H26S/c1-4-5-6-7-8-9-10-11(2)12(3)13/h11-13H,4-10H2,1-3H3. The summed E-state index contributed by atoms with van der Waals surface area (Å²) < 4.78 is 0. The Bertz CT molecular complexity index is 99.3. The molecule has 0 amide bonds. The smallest absolute Gasteiger partial charge is 0.00141 e. The van der Waals surface area contributed by atoms with Crippen LogP contribution in [0.3, 0.4) is 0 Å². The fraction of sp³-hybridized carbons (Fsp3) is 1.00. The van der Waals surface area contributed by atoms with Gasteiger partial charge in [-0.25, -0.2) is 0 Å². The second-order valence-corrected chi connectivity index (χ2v) is 5.09. The fourth-order valence-corrected chi connectivity index (χ4v) is 1.64. The van der Waals surface area contributed by atoms with Gasteiger partial charge in [0.25, 0.3) is 0 Å². The highest BCUT2D eigenvalue weighted by Crippen LogP contribution is 2.17. The summed E-state index contributed by atoms with van der Waals surface area (Å²) in [7, 11) is 0. The van der Waals surface area contributed by atoms with E-state index in [1.807, 2.05) is 0 Å². The first-order chi connectivity index (χ1) is 6.18. The molecule has 13 heavy (non-hydrogen) atoms. The first-order valence-corrected chi connectivity index (χ1v) is 6.38. The van der Waals surface area contributed by atoms with E-state index >= 15 is 0 Å². The van der Waals surface area contributed by atoms with E-state index in [0.717, 1.165) is 5.92 Å². The molecule has 0 aliphatic rings. The lowest BCUT2D eigenvalue weighted by atomic mass is 9.99. The molecule has 2 unspecified atom stereocenters. The van der Waals surface area contributed by atoms with Crippen molar-refractivity contribution < 1.29 is 0 Å². The van der Waals surface area contributed by atoms with Gasteiger partial charge in [-0.05, 0) is 12.3 Å². The second-order valence-electron chi connectivity index (χ2n) is 4.27. The predicted molar refractivity (Wildman–Crippen MR) is 65.6 cm³/mol. The van der Waals surface area contributed by atoms with Gasteiger partial charge in [0.15, 0.2) is 0 Å². The molecule has 0 rings (SSSR count). The zero-order valence-electron chi connectivity index (χ0n) is 9.55. The first-order valence-electron chi connectivity index (χ1n) is 5.86. The molecular formula is C12H26S. The van der Waals surface area contributed by atoms with Crippen molar-refractivity contribution in [1.82, 2.24) is 0 Å². The molecule has 0 aliphatic carbocycles. The molecule has 0 saturated heterocycles. The number of rotatable bonds is 8. The van der Waals surface area contributed by atoms with Gasteiger partial charge in [-0.15, -0.1) is 0 Å². The van der Waals surface area contributed by atoms with Crippen LogP contribution in [0.1, 0.15) is 65.7 Å². The average molecular weight is 202 g/mol. The van der Waals surface area contributed by atoms with E-state index in [2.05, 4.69) is 33.4 Å². The van der Waals surface area contributed by atoms with Crippen molar-refractivity contribution in [2.75, 3.05) is 0 Å². The Morgan fingerprint density at radius 1 is 0.923 bits per heavy atom. The van der Waals surface area contributed by atoms with E-state index in [-0.39, 0.29) is 0 Å².